The van der Waals surface area contributed by atoms with E-state index in [0.717, 1.165) is 31.5 Å². The van der Waals surface area contributed by atoms with Gasteiger partial charge in [0, 0.05) is 32.5 Å². The molecule has 22 heavy (non-hydrogen) atoms. The molecule has 0 radical (unpaired) electrons. The Hall–Kier alpha value is -2.04. The SMILES string of the molecule is O=C(CCc1cccc(O)c1)NCCC(=O)N1CCCCC1. The van der Waals surface area contributed by atoms with Gasteiger partial charge >= 0.3 is 0 Å². The maximum absolute atomic E-state index is 11.9. The number of nitrogens with one attached hydrogen (secondary N) is 1. The second kappa shape index (κ2) is 8.41. The van der Waals surface area contributed by atoms with E-state index in [9.17, 15) is 14.7 Å². The van der Waals surface area contributed by atoms with Crippen LogP contribution in [0.3, 0.4) is 0 Å². The van der Waals surface area contributed by atoms with Gasteiger partial charge in [0.2, 0.25) is 11.8 Å². The van der Waals surface area contributed by atoms with Gasteiger partial charge in [-0.3, -0.25) is 9.59 Å². The molecule has 0 aliphatic carbocycles. The van der Waals surface area contributed by atoms with Crippen molar-refractivity contribution in [2.75, 3.05) is 19.6 Å². The van der Waals surface area contributed by atoms with Crippen molar-refractivity contribution in [3.8, 4) is 5.75 Å². The number of aromatic hydroxyl groups is 1. The summed E-state index contributed by atoms with van der Waals surface area (Å²) in [7, 11) is 0. The van der Waals surface area contributed by atoms with Crippen molar-refractivity contribution in [1.29, 1.82) is 0 Å². The van der Waals surface area contributed by atoms with Gasteiger partial charge in [0.15, 0.2) is 0 Å². The predicted molar refractivity (Wildman–Crippen MR) is 84.5 cm³/mol. The lowest BCUT2D eigenvalue weighted by Crippen LogP contribution is -2.37. The molecule has 1 saturated heterocycles. The number of amides is 2. The number of phenolic OH excluding ortho intramolecular Hbond substituents is 1. The number of benzene rings is 1. The predicted octanol–water partition coefficient (Wildman–Crippen LogP) is 1.84. The van der Waals surface area contributed by atoms with Crippen LogP contribution in [-0.2, 0) is 16.0 Å². The lowest BCUT2D eigenvalue weighted by atomic mass is 10.1. The molecule has 0 unspecified atom stereocenters. The van der Waals surface area contributed by atoms with Crippen molar-refractivity contribution in [3.05, 3.63) is 29.8 Å². The summed E-state index contributed by atoms with van der Waals surface area (Å²) in [5.74, 6) is 0.285. The van der Waals surface area contributed by atoms with Gasteiger partial charge in [-0.05, 0) is 43.4 Å². The minimum absolute atomic E-state index is 0.0604. The van der Waals surface area contributed by atoms with Crippen LogP contribution in [0.15, 0.2) is 24.3 Å². The molecule has 1 aromatic carbocycles. The quantitative estimate of drug-likeness (QED) is 0.842. The monoisotopic (exact) mass is 304 g/mol. The summed E-state index contributed by atoms with van der Waals surface area (Å²) in [5, 5.41) is 12.2. The normalized spacial score (nSPS) is 14.6. The van der Waals surface area contributed by atoms with Gasteiger partial charge in [-0.2, -0.15) is 0 Å². The summed E-state index contributed by atoms with van der Waals surface area (Å²) in [5.41, 5.74) is 0.930. The van der Waals surface area contributed by atoms with Gasteiger partial charge in [-0.25, -0.2) is 0 Å². The first-order chi connectivity index (χ1) is 10.6. The van der Waals surface area contributed by atoms with Gasteiger partial charge < -0.3 is 15.3 Å². The van der Waals surface area contributed by atoms with Crippen LogP contribution in [0.25, 0.3) is 0 Å². The van der Waals surface area contributed by atoms with E-state index in [1.807, 2.05) is 11.0 Å². The molecular formula is C17H24N2O3. The third kappa shape index (κ3) is 5.39. The molecule has 0 atom stereocenters. The maximum atomic E-state index is 11.9. The standard InChI is InChI=1S/C17H24N2O3/c20-15-6-4-5-14(13-15)7-8-16(21)18-10-9-17(22)19-11-2-1-3-12-19/h4-6,13,20H,1-3,7-12H2,(H,18,21). The number of nitrogens with zero attached hydrogens (tertiary/aromatic N) is 1. The molecule has 2 amide bonds. The second-order valence-electron chi connectivity index (χ2n) is 5.71. The molecule has 1 aliphatic rings. The molecule has 120 valence electrons. The largest absolute Gasteiger partial charge is 0.508 e. The third-order valence-corrected chi connectivity index (χ3v) is 3.92. The summed E-state index contributed by atoms with van der Waals surface area (Å²) < 4.78 is 0. The summed E-state index contributed by atoms with van der Waals surface area (Å²) in [6.45, 7) is 2.10. The highest BCUT2D eigenvalue weighted by atomic mass is 16.3. The maximum Gasteiger partial charge on any atom is 0.224 e. The van der Waals surface area contributed by atoms with Crippen molar-refractivity contribution < 1.29 is 14.7 Å². The van der Waals surface area contributed by atoms with Crippen molar-refractivity contribution in [2.45, 2.75) is 38.5 Å². The third-order valence-electron chi connectivity index (χ3n) is 3.92. The number of piperidine rings is 1. The molecule has 2 rings (SSSR count). The number of carbonyl (C=O) groups excluding carboxylic acids is 2. The Morgan fingerprint density at radius 1 is 1.14 bits per heavy atom. The van der Waals surface area contributed by atoms with Crippen LogP contribution in [0, 0.1) is 0 Å². The second-order valence-corrected chi connectivity index (χ2v) is 5.71. The molecule has 5 nitrogen and oxygen atoms in total. The molecule has 0 aromatic heterocycles. The molecule has 0 spiro atoms. The van der Waals surface area contributed by atoms with Crippen LogP contribution in [0.4, 0.5) is 0 Å². The summed E-state index contributed by atoms with van der Waals surface area (Å²) >= 11 is 0. The van der Waals surface area contributed by atoms with E-state index in [2.05, 4.69) is 5.32 Å². The Morgan fingerprint density at radius 2 is 1.91 bits per heavy atom. The molecule has 1 heterocycles. The zero-order valence-corrected chi connectivity index (χ0v) is 12.9. The van der Waals surface area contributed by atoms with E-state index in [1.54, 1.807) is 18.2 Å². The fourth-order valence-electron chi connectivity index (χ4n) is 2.67. The molecule has 1 aliphatic heterocycles. The van der Waals surface area contributed by atoms with Gasteiger partial charge in [0.05, 0.1) is 0 Å². The molecule has 5 heteroatoms. The number of hydrogen-bond acceptors (Lipinski definition) is 3. The summed E-state index contributed by atoms with van der Waals surface area (Å²) in [4.78, 5) is 25.6. The zero-order chi connectivity index (χ0) is 15.8. The fraction of sp³-hybridized carbons (Fsp3) is 0.529. The molecule has 0 bridgehead atoms. The van der Waals surface area contributed by atoms with E-state index < -0.39 is 0 Å². The van der Waals surface area contributed by atoms with Crippen LogP contribution in [-0.4, -0.2) is 41.5 Å². The zero-order valence-electron chi connectivity index (χ0n) is 12.9. The molecule has 0 saturated carbocycles. The van der Waals surface area contributed by atoms with E-state index in [1.165, 1.54) is 6.42 Å². The smallest absolute Gasteiger partial charge is 0.224 e. The number of aryl methyl sites for hydroxylation is 1. The average Bonchev–Trinajstić information content (AvgIpc) is 2.54. The van der Waals surface area contributed by atoms with E-state index in [0.29, 0.717) is 25.8 Å². The Kier molecular flexibility index (Phi) is 6.25. The number of carbonyl (C=O) groups is 2. The van der Waals surface area contributed by atoms with E-state index in [-0.39, 0.29) is 17.6 Å². The highest BCUT2D eigenvalue weighted by Crippen LogP contribution is 2.12. The first kappa shape index (κ1) is 16.3. The lowest BCUT2D eigenvalue weighted by Gasteiger charge is -2.26. The highest BCUT2D eigenvalue weighted by molar-refractivity contribution is 5.79. The van der Waals surface area contributed by atoms with Gasteiger partial charge in [-0.1, -0.05) is 12.1 Å². The first-order valence-electron chi connectivity index (χ1n) is 7.97. The van der Waals surface area contributed by atoms with Crippen LogP contribution in [0.1, 0.15) is 37.7 Å². The van der Waals surface area contributed by atoms with Crippen molar-refractivity contribution in [1.82, 2.24) is 10.2 Å². The summed E-state index contributed by atoms with van der Waals surface area (Å²) in [6, 6.07) is 6.91. The minimum atomic E-state index is -0.0604. The number of hydrogen-bond donors (Lipinski definition) is 2. The lowest BCUT2D eigenvalue weighted by molar-refractivity contribution is -0.132. The van der Waals surface area contributed by atoms with Gasteiger partial charge in [0.1, 0.15) is 5.75 Å². The van der Waals surface area contributed by atoms with Gasteiger partial charge in [-0.15, -0.1) is 0 Å². The van der Waals surface area contributed by atoms with Crippen molar-refractivity contribution in [2.24, 2.45) is 0 Å². The molecular weight excluding hydrogens is 280 g/mol. The Labute approximate surface area is 131 Å². The number of phenols is 1. The average molecular weight is 304 g/mol. The number of rotatable bonds is 6. The molecule has 1 fully saturated rings. The molecule has 2 N–H and O–H groups in total. The topological polar surface area (TPSA) is 69.6 Å². The molecule has 1 aromatic rings. The summed E-state index contributed by atoms with van der Waals surface area (Å²) in [6.07, 6.45) is 4.69. The van der Waals surface area contributed by atoms with Crippen LogP contribution in [0.5, 0.6) is 5.75 Å². The fourth-order valence-corrected chi connectivity index (χ4v) is 2.67. The van der Waals surface area contributed by atoms with Crippen molar-refractivity contribution in [3.63, 3.8) is 0 Å². The van der Waals surface area contributed by atoms with Crippen LogP contribution in [0.2, 0.25) is 0 Å². The highest BCUT2D eigenvalue weighted by Gasteiger charge is 2.16. The Balaban J connectivity index is 1.62. The van der Waals surface area contributed by atoms with Crippen molar-refractivity contribution >= 4 is 11.8 Å². The Morgan fingerprint density at radius 3 is 2.64 bits per heavy atom. The number of likely N-dealkylation sites (tertiary alicyclic amines) is 1. The Bertz CT molecular complexity index is 510. The minimum Gasteiger partial charge on any atom is -0.508 e. The van der Waals surface area contributed by atoms with E-state index in [4.69, 9.17) is 0 Å². The van der Waals surface area contributed by atoms with E-state index >= 15 is 0 Å². The van der Waals surface area contributed by atoms with Crippen LogP contribution < -0.4 is 5.32 Å². The first-order valence-corrected chi connectivity index (χ1v) is 7.97. The van der Waals surface area contributed by atoms with Gasteiger partial charge in [0.25, 0.3) is 0 Å². The van der Waals surface area contributed by atoms with Crippen LogP contribution >= 0.6 is 0 Å².